The highest BCUT2D eigenvalue weighted by Crippen LogP contribution is 2.47. The standard InChI is InChI=1S/C18H31NOS/c1-5-12-19-16(15-7-13-21-14-15)18(20-6-2)10-8-17(3,4)9-11-18/h7,13-14,16,19H,5-6,8-12H2,1-4H3. The van der Waals surface area contributed by atoms with Gasteiger partial charge in [0, 0.05) is 6.61 Å². The Balaban J connectivity index is 2.24. The second-order valence-corrected chi connectivity index (χ2v) is 7.89. The molecule has 0 aliphatic heterocycles. The minimum absolute atomic E-state index is 0.0273. The molecular weight excluding hydrogens is 278 g/mol. The van der Waals surface area contributed by atoms with Gasteiger partial charge in [-0.25, -0.2) is 0 Å². The third-order valence-corrected chi connectivity index (χ3v) is 5.58. The Hall–Kier alpha value is -0.380. The zero-order chi connectivity index (χ0) is 15.3. The summed E-state index contributed by atoms with van der Waals surface area (Å²) in [5.41, 5.74) is 1.84. The number of hydrogen-bond donors (Lipinski definition) is 1. The second-order valence-electron chi connectivity index (χ2n) is 7.11. The van der Waals surface area contributed by atoms with Crippen molar-refractivity contribution in [2.75, 3.05) is 13.2 Å². The van der Waals surface area contributed by atoms with Crippen LogP contribution in [-0.4, -0.2) is 18.8 Å². The fourth-order valence-electron chi connectivity index (χ4n) is 3.49. The fourth-order valence-corrected chi connectivity index (χ4v) is 4.18. The number of hydrogen-bond acceptors (Lipinski definition) is 3. The molecule has 1 aliphatic carbocycles. The molecule has 2 nitrogen and oxygen atoms in total. The van der Waals surface area contributed by atoms with Crippen LogP contribution < -0.4 is 5.32 Å². The van der Waals surface area contributed by atoms with Crippen LogP contribution in [0, 0.1) is 5.41 Å². The average molecular weight is 310 g/mol. The largest absolute Gasteiger partial charge is 0.373 e. The lowest BCUT2D eigenvalue weighted by atomic mass is 9.67. The van der Waals surface area contributed by atoms with Gasteiger partial charge in [0.2, 0.25) is 0 Å². The molecule has 120 valence electrons. The van der Waals surface area contributed by atoms with Crippen molar-refractivity contribution in [2.24, 2.45) is 5.41 Å². The predicted molar refractivity (Wildman–Crippen MR) is 92.0 cm³/mol. The number of thiophene rings is 1. The summed E-state index contributed by atoms with van der Waals surface area (Å²) >= 11 is 1.79. The van der Waals surface area contributed by atoms with E-state index in [1.165, 1.54) is 18.4 Å². The van der Waals surface area contributed by atoms with E-state index >= 15 is 0 Å². The van der Waals surface area contributed by atoms with Gasteiger partial charge < -0.3 is 10.1 Å². The molecule has 0 aromatic carbocycles. The van der Waals surface area contributed by atoms with E-state index in [-0.39, 0.29) is 5.60 Å². The van der Waals surface area contributed by atoms with E-state index in [0.717, 1.165) is 32.4 Å². The summed E-state index contributed by atoms with van der Waals surface area (Å²) in [5.74, 6) is 0. The first kappa shape index (κ1) is 17.0. The highest BCUT2D eigenvalue weighted by atomic mass is 32.1. The van der Waals surface area contributed by atoms with Crippen LogP contribution in [0.15, 0.2) is 16.8 Å². The van der Waals surface area contributed by atoms with Gasteiger partial charge in [0.1, 0.15) is 0 Å². The first-order valence-corrected chi connectivity index (χ1v) is 9.37. The quantitative estimate of drug-likeness (QED) is 0.750. The highest BCUT2D eigenvalue weighted by molar-refractivity contribution is 7.07. The molecule has 0 saturated heterocycles. The third-order valence-electron chi connectivity index (χ3n) is 4.88. The topological polar surface area (TPSA) is 21.3 Å². The molecule has 1 heterocycles. The van der Waals surface area contributed by atoms with Crippen molar-refractivity contribution < 1.29 is 4.74 Å². The van der Waals surface area contributed by atoms with Crippen molar-refractivity contribution in [2.45, 2.75) is 71.4 Å². The van der Waals surface area contributed by atoms with Crippen molar-refractivity contribution in [1.29, 1.82) is 0 Å². The average Bonchev–Trinajstić information content (AvgIpc) is 2.97. The van der Waals surface area contributed by atoms with Gasteiger partial charge in [-0.3, -0.25) is 0 Å². The molecule has 2 rings (SSSR count). The maximum Gasteiger partial charge on any atom is 0.0876 e. The zero-order valence-electron chi connectivity index (χ0n) is 14.1. The summed E-state index contributed by atoms with van der Waals surface area (Å²) in [6.45, 7) is 11.0. The van der Waals surface area contributed by atoms with Crippen LogP contribution in [0.5, 0.6) is 0 Å². The Kier molecular flexibility index (Phi) is 5.87. The van der Waals surface area contributed by atoms with Gasteiger partial charge in [-0.05, 0) is 73.4 Å². The van der Waals surface area contributed by atoms with Crippen LogP contribution >= 0.6 is 11.3 Å². The van der Waals surface area contributed by atoms with E-state index in [4.69, 9.17) is 4.74 Å². The summed E-state index contributed by atoms with van der Waals surface area (Å²) in [6, 6.07) is 2.60. The first-order valence-electron chi connectivity index (χ1n) is 8.42. The Morgan fingerprint density at radius 3 is 2.48 bits per heavy atom. The number of nitrogens with one attached hydrogen (secondary N) is 1. The fraction of sp³-hybridized carbons (Fsp3) is 0.778. The van der Waals surface area contributed by atoms with Crippen LogP contribution in [0.3, 0.4) is 0 Å². The van der Waals surface area contributed by atoms with Gasteiger partial charge in [-0.1, -0.05) is 20.8 Å². The highest BCUT2D eigenvalue weighted by Gasteiger charge is 2.45. The summed E-state index contributed by atoms with van der Waals surface area (Å²) in [5, 5.41) is 8.24. The SMILES string of the molecule is CCCNC(c1ccsc1)C1(OCC)CCC(C)(C)CC1. The van der Waals surface area contributed by atoms with Crippen molar-refractivity contribution in [3.8, 4) is 0 Å². The van der Waals surface area contributed by atoms with Crippen LogP contribution in [-0.2, 0) is 4.74 Å². The molecule has 0 bridgehead atoms. The molecule has 1 N–H and O–H groups in total. The van der Waals surface area contributed by atoms with Crippen molar-refractivity contribution >= 4 is 11.3 Å². The summed E-state index contributed by atoms with van der Waals surface area (Å²) in [7, 11) is 0. The van der Waals surface area contributed by atoms with Crippen molar-refractivity contribution in [1.82, 2.24) is 5.32 Å². The van der Waals surface area contributed by atoms with E-state index in [1.807, 2.05) is 0 Å². The lowest BCUT2D eigenvalue weighted by Gasteiger charge is -2.48. The molecule has 0 spiro atoms. The van der Waals surface area contributed by atoms with Crippen molar-refractivity contribution in [3.05, 3.63) is 22.4 Å². The van der Waals surface area contributed by atoms with Crippen molar-refractivity contribution in [3.63, 3.8) is 0 Å². The Morgan fingerprint density at radius 1 is 1.24 bits per heavy atom. The molecule has 1 saturated carbocycles. The Labute approximate surface area is 134 Å². The lowest BCUT2D eigenvalue weighted by molar-refractivity contribution is -0.107. The maximum absolute atomic E-state index is 6.39. The molecule has 3 heteroatoms. The monoisotopic (exact) mass is 309 g/mol. The van der Waals surface area contributed by atoms with Gasteiger partial charge >= 0.3 is 0 Å². The molecule has 1 atom stereocenters. The molecule has 0 amide bonds. The smallest absolute Gasteiger partial charge is 0.0876 e. The Bertz CT molecular complexity index is 403. The third kappa shape index (κ3) is 4.08. The van der Waals surface area contributed by atoms with E-state index < -0.39 is 0 Å². The molecule has 1 aromatic heterocycles. The van der Waals surface area contributed by atoms with Gasteiger partial charge in [-0.2, -0.15) is 11.3 Å². The van der Waals surface area contributed by atoms with Crippen LogP contribution in [0.4, 0.5) is 0 Å². The molecule has 1 aliphatic rings. The Morgan fingerprint density at radius 2 is 1.95 bits per heavy atom. The minimum atomic E-state index is -0.0273. The van der Waals surface area contributed by atoms with E-state index in [0.29, 0.717) is 11.5 Å². The molecule has 1 aromatic rings. The summed E-state index contributed by atoms with van der Waals surface area (Å²) < 4.78 is 6.39. The summed E-state index contributed by atoms with van der Waals surface area (Å²) in [6.07, 6.45) is 5.98. The van der Waals surface area contributed by atoms with E-state index in [2.05, 4.69) is 49.8 Å². The predicted octanol–water partition coefficient (Wildman–Crippen LogP) is 5.16. The first-order chi connectivity index (χ1) is 10.0. The molecule has 1 unspecified atom stereocenters. The summed E-state index contributed by atoms with van der Waals surface area (Å²) in [4.78, 5) is 0. The van der Waals surface area contributed by atoms with Gasteiger partial charge in [-0.15, -0.1) is 0 Å². The normalized spacial score (nSPS) is 22.1. The lowest BCUT2D eigenvalue weighted by Crippen LogP contribution is -2.49. The van der Waals surface area contributed by atoms with Gasteiger partial charge in [0.25, 0.3) is 0 Å². The van der Waals surface area contributed by atoms with Crippen LogP contribution in [0.2, 0.25) is 0 Å². The maximum atomic E-state index is 6.39. The van der Waals surface area contributed by atoms with Gasteiger partial charge in [0.15, 0.2) is 0 Å². The van der Waals surface area contributed by atoms with E-state index in [9.17, 15) is 0 Å². The zero-order valence-corrected chi connectivity index (χ0v) is 14.9. The molecule has 0 radical (unpaired) electrons. The minimum Gasteiger partial charge on any atom is -0.373 e. The number of rotatable bonds is 7. The molecular formula is C18H31NOS. The van der Waals surface area contributed by atoms with Crippen LogP contribution in [0.25, 0.3) is 0 Å². The van der Waals surface area contributed by atoms with Gasteiger partial charge in [0.05, 0.1) is 11.6 Å². The number of ether oxygens (including phenoxy) is 1. The molecule has 21 heavy (non-hydrogen) atoms. The van der Waals surface area contributed by atoms with E-state index in [1.54, 1.807) is 11.3 Å². The molecule has 1 fully saturated rings. The second kappa shape index (κ2) is 7.26. The van der Waals surface area contributed by atoms with Crippen LogP contribution in [0.1, 0.15) is 71.4 Å².